The van der Waals surface area contributed by atoms with Crippen molar-refractivity contribution in [2.75, 3.05) is 17.7 Å². The number of ether oxygens (including phenoxy) is 1. The smallest absolute Gasteiger partial charge is 0.234 e. The maximum Gasteiger partial charge on any atom is 0.234 e. The predicted octanol–water partition coefficient (Wildman–Crippen LogP) is 3.86. The molecule has 0 saturated heterocycles. The number of nitriles is 1. The molecule has 1 aromatic carbocycles. The molecule has 0 aliphatic carbocycles. The van der Waals surface area contributed by atoms with E-state index in [4.69, 9.17) is 4.74 Å². The minimum absolute atomic E-state index is 0.0885. The van der Waals surface area contributed by atoms with Crippen LogP contribution in [0.4, 0.5) is 5.69 Å². The Morgan fingerprint density at radius 1 is 1.39 bits per heavy atom. The summed E-state index contributed by atoms with van der Waals surface area (Å²) in [7, 11) is 0. The molecule has 8 heteroatoms. The normalized spacial score (nSPS) is 16.3. The number of anilines is 1. The van der Waals surface area contributed by atoms with Gasteiger partial charge in [0.25, 0.3) is 0 Å². The van der Waals surface area contributed by atoms with E-state index in [0.29, 0.717) is 22.9 Å². The van der Waals surface area contributed by atoms with E-state index in [1.807, 2.05) is 24.4 Å². The van der Waals surface area contributed by atoms with Crippen molar-refractivity contribution in [3.8, 4) is 11.8 Å². The lowest BCUT2D eigenvalue weighted by Gasteiger charge is -2.23. The molecular weight excluding hydrogens is 394 g/mol. The molecule has 1 aliphatic heterocycles. The second-order valence-corrected chi connectivity index (χ2v) is 7.93. The third-order valence-corrected chi connectivity index (χ3v) is 6.04. The van der Waals surface area contributed by atoms with Gasteiger partial charge in [-0.05, 0) is 42.6 Å². The summed E-state index contributed by atoms with van der Waals surface area (Å²) < 4.78 is 5.37. The number of hydrogen-bond donors (Lipinski definition) is 2. The van der Waals surface area contributed by atoms with Crippen molar-refractivity contribution in [1.82, 2.24) is 5.32 Å². The maximum atomic E-state index is 12.3. The number of thiophene rings is 1. The third kappa shape index (κ3) is 4.94. The molecule has 0 fully saturated rings. The number of hydrogen-bond acceptors (Lipinski definition) is 6. The summed E-state index contributed by atoms with van der Waals surface area (Å²) in [5.41, 5.74) is 1.16. The van der Waals surface area contributed by atoms with E-state index >= 15 is 0 Å². The third-order valence-electron chi connectivity index (χ3n) is 4.04. The van der Waals surface area contributed by atoms with Crippen LogP contribution in [0.5, 0.6) is 5.75 Å². The monoisotopic (exact) mass is 413 g/mol. The summed E-state index contributed by atoms with van der Waals surface area (Å²) in [4.78, 5) is 25.3. The molecular formula is C20H19N3O3S2. The Hall–Kier alpha value is -2.76. The zero-order chi connectivity index (χ0) is 19.9. The van der Waals surface area contributed by atoms with Gasteiger partial charge in [-0.3, -0.25) is 9.59 Å². The topological polar surface area (TPSA) is 91.2 Å². The number of carbonyl (C=O) groups excluding carboxylic acids is 2. The molecule has 0 radical (unpaired) electrons. The number of nitrogens with zero attached hydrogens (tertiary/aromatic N) is 1. The Labute approximate surface area is 171 Å². The molecule has 28 heavy (non-hydrogen) atoms. The van der Waals surface area contributed by atoms with Gasteiger partial charge in [0, 0.05) is 22.9 Å². The van der Waals surface area contributed by atoms with Gasteiger partial charge >= 0.3 is 0 Å². The molecule has 0 spiro atoms. The average Bonchev–Trinajstić information content (AvgIpc) is 3.22. The van der Waals surface area contributed by atoms with Crippen LogP contribution in [0.3, 0.4) is 0 Å². The fourth-order valence-electron chi connectivity index (χ4n) is 2.80. The molecule has 0 bridgehead atoms. The largest absolute Gasteiger partial charge is 0.494 e. The highest BCUT2D eigenvalue weighted by molar-refractivity contribution is 8.03. The summed E-state index contributed by atoms with van der Waals surface area (Å²) in [6.45, 7) is 2.49. The molecule has 144 valence electrons. The van der Waals surface area contributed by atoms with Crippen LogP contribution in [-0.2, 0) is 9.59 Å². The predicted molar refractivity (Wildman–Crippen MR) is 111 cm³/mol. The van der Waals surface area contributed by atoms with E-state index in [1.54, 1.807) is 24.3 Å². The zero-order valence-corrected chi connectivity index (χ0v) is 16.9. The molecule has 2 heterocycles. The van der Waals surface area contributed by atoms with Crippen LogP contribution < -0.4 is 15.4 Å². The first-order chi connectivity index (χ1) is 13.6. The number of benzene rings is 1. The summed E-state index contributed by atoms with van der Waals surface area (Å²) in [5, 5.41) is 17.5. The van der Waals surface area contributed by atoms with Gasteiger partial charge < -0.3 is 15.4 Å². The number of amides is 2. The quantitative estimate of drug-likeness (QED) is 0.719. The molecule has 2 amide bonds. The first-order valence-electron chi connectivity index (χ1n) is 8.73. The molecule has 2 aromatic rings. The number of nitrogens with one attached hydrogen (secondary N) is 2. The van der Waals surface area contributed by atoms with Gasteiger partial charge in [0.15, 0.2) is 0 Å². The summed E-state index contributed by atoms with van der Waals surface area (Å²) in [6, 6.07) is 13.1. The molecule has 1 atom stereocenters. The van der Waals surface area contributed by atoms with Crippen molar-refractivity contribution in [3.05, 3.63) is 57.3 Å². The van der Waals surface area contributed by atoms with Crippen molar-refractivity contribution in [2.24, 2.45) is 0 Å². The molecule has 2 N–H and O–H groups in total. The Balaban J connectivity index is 1.65. The molecule has 1 aromatic heterocycles. The van der Waals surface area contributed by atoms with Gasteiger partial charge in [0.2, 0.25) is 11.8 Å². The number of carbonyl (C=O) groups is 2. The number of thioether (sulfide) groups is 1. The van der Waals surface area contributed by atoms with E-state index in [2.05, 4.69) is 16.7 Å². The van der Waals surface area contributed by atoms with Crippen LogP contribution >= 0.6 is 23.1 Å². The van der Waals surface area contributed by atoms with Crippen molar-refractivity contribution in [1.29, 1.82) is 5.26 Å². The second kappa shape index (κ2) is 9.44. The van der Waals surface area contributed by atoms with Crippen molar-refractivity contribution >= 4 is 40.6 Å². The molecule has 0 unspecified atom stereocenters. The van der Waals surface area contributed by atoms with Gasteiger partial charge in [-0.1, -0.05) is 17.8 Å². The van der Waals surface area contributed by atoms with Crippen LogP contribution in [0.25, 0.3) is 0 Å². The van der Waals surface area contributed by atoms with Gasteiger partial charge in [-0.25, -0.2) is 0 Å². The van der Waals surface area contributed by atoms with Gasteiger partial charge in [0.05, 0.1) is 29.0 Å². The van der Waals surface area contributed by atoms with Crippen molar-refractivity contribution in [2.45, 2.75) is 19.3 Å². The lowest BCUT2D eigenvalue weighted by molar-refractivity contribution is -0.121. The van der Waals surface area contributed by atoms with E-state index in [9.17, 15) is 14.9 Å². The molecule has 1 aliphatic rings. The first kappa shape index (κ1) is 20.0. The fraction of sp³-hybridized carbons (Fsp3) is 0.250. The summed E-state index contributed by atoms with van der Waals surface area (Å²) in [6.07, 6.45) is 0.242. The van der Waals surface area contributed by atoms with Crippen LogP contribution in [0.2, 0.25) is 0 Å². The SMILES string of the molecule is CCOc1ccc(NC(=O)CSC2=C(C#N)[C@@H](c3cccs3)CC(=O)N2)cc1. The zero-order valence-electron chi connectivity index (χ0n) is 15.2. The fourth-order valence-corrected chi connectivity index (χ4v) is 4.52. The van der Waals surface area contributed by atoms with Crippen molar-refractivity contribution < 1.29 is 14.3 Å². The second-order valence-electron chi connectivity index (χ2n) is 5.97. The van der Waals surface area contributed by atoms with Crippen LogP contribution in [0.15, 0.2) is 52.4 Å². The van der Waals surface area contributed by atoms with E-state index in [-0.39, 0.29) is 29.9 Å². The van der Waals surface area contributed by atoms with Crippen LogP contribution in [-0.4, -0.2) is 24.2 Å². The molecule has 6 nitrogen and oxygen atoms in total. The van der Waals surface area contributed by atoms with Crippen molar-refractivity contribution in [3.63, 3.8) is 0 Å². The van der Waals surface area contributed by atoms with Crippen LogP contribution in [0, 0.1) is 11.3 Å². The standard InChI is InChI=1S/C20H19N3O3S2/c1-2-26-14-7-5-13(6-8-14)22-19(25)12-28-20-16(11-21)15(10-18(24)23-20)17-4-3-9-27-17/h3-9,15H,2,10,12H2,1H3,(H,22,25)(H,23,24)/t15-/m0/s1. The lowest BCUT2D eigenvalue weighted by atomic mass is 9.93. The Morgan fingerprint density at radius 3 is 2.82 bits per heavy atom. The minimum Gasteiger partial charge on any atom is -0.494 e. The Morgan fingerprint density at radius 2 is 2.18 bits per heavy atom. The highest BCUT2D eigenvalue weighted by Crippen LogP contribution is 2.37. The Bertz CT molecular complexity index is 915. The summed E-state index contributed by atoms with van der Waals surface area (Å²) in [5.74, 6) is 0.211. The maximum absolute atomic E-state index is 12.3. The highest BCUT2D eigenvalue weighted by atomic mass is 32.2. The number of rotatable bonds is 7. The minimum atomic E-state index is -0.254. The molecule has 3 rings (SSSR count). The Kier molecular flexibility index (Phi) is 6.74. The highest BCUT2D eigenvalue weighted by Gasteiger charge is 2.30. The van der Waals surface area contributed by atoms with Gasteiger partial charge in [-0.2, -0.15) is 5.26 Å². The van der Waals surface area contributed by atoms with Crippen LogP contribution in [0.1, 0.15) is 24.1 Å². The van der Waals surface area contributed by atoms with Gasteiger partial charge in [0.1, 0.15) is 5.75 Å². The summed E-state index contributed by atoms with van der Waals surface area (Å²) >= 11 is 2.69. The van der Waals surface area contributed by atoms with Gasteiger partial charge in [-0.15, -0.1) is 11.3 Å². The number of allylic oxidation sites excluding steroid dienone is 1. The average molecular weight is 414 g/mol. The van der Waals surface area contributed by atoms with E-state index < -0.39 is 0 Å². The van der Waals surface area contributed by atoms with E-state index in [1.165, 1.54) is 23.1 Å². The molecule has 0 saturated carbocycles. The van der Waals surface area contributed by atoms with E-state index in [0.717, 1.165) is 10.6 Å². The lowest BCUT2D eigenvalue weighted by Crippen LogP contribution is -2.31. The first-order valence-corrected chi connectivity index (χ1v) is 10.6.